The molecule has 1 N–H and O–H groups in total. The third kappa shape index (κ3) is 6.76. The average Bonchev–Trinajstić information content (AvgIpc) is 2.89. The fourth-order valence-corrected chi connectivity index (χ4v) is 5.87. The van der Waals surface area contributed by atoms with E-state index >= 15 is 0 Å². The molecule has 0 aliphatic carbocycles. The third-order valence-electron chi connectivity index (χ3n) is 5.75. The molecule has 0 bridgehead atoms. The maximum absolute atomic E-state index is 13.8. The van der Waals surface area contributed by atoms with Crippen molar-refractivity contribution < 1.29 is 18.0 Å². The normalized spacial score (nSPS) is 12.0. The largest absolute Gasteiger partial charge is 0.357 e. The molecule has 0 aliphatic rings. The van der Waals surface area contributed by atoms with Crippen LogP contribution in [0.1, 0.15) is 18.9 Å². The molecule has 3 rings (SSSR count). The smallest absolute Gasteiger partial charge is 0.264 e. The molecule has 11 heteroatoms. The van der Waals surface area contributed by atoms with Gasteiger partial charge in [0.2, 0.25) is 11.8 Å². The number of carbonyl (C=O) groups excluding carboxylic acids is 2. The molecule has 3 aromatic carbocycles. The molecule has 0 aliphatic heterocycles. The van der Waals surface area contributed by atoms with Crippen molar-refractivity contribution in [1.82, 2.24) is 10.2 Å². The van der Waals surface area contributed by atoms with Crippen molar-refractivity contribution in [2.24, 2.45) is 0 Å². The van der Waals surface area contributed by atoms with Crippen LogP contribution in [0.2, 0.25) is 15.1 Å². The summed E-state index contributed by atoms with van der Waals surface area (Å²) in [6, 6.07) is 17.9. The first-order chi connectivity index (χ1) is 17.6. The Hall–Kier alpha value is -2.78. The van der Waals surface area contributed by atoms with E-state index in [1.807, 2.05) is 0 Å². The van der Waals surface area contributed by atoms with Gasteiger partial charge in [-0.3, -0.25) is 13.9 Å². The van der Waals surface area contributed by atoms with E-state index in [-0.39, 0.29) is 23.5 Å². The van der Waals surface area contributed by atoms with Crippen LogP contribution in [-0.2, 0) is 26.2 Å². The molecule has 0 fully saturated rings. The number of nitrogens with zero attached hydrogens (tertiary/aromatic N) is 2. The summed E-state index contributed by atoms with van der Waals surface area (Å²) in [7, 11) is -2.68. The van der Waals surface area contributed by atoms with Crippen LogP contribution in [0.5, 0.6) is 0 Å². The lowest BCUT2D eigenvalue weighted by Gasteiger charge is -2.33. The zero-order chi connectivity index (χ0) is 27.2. The van der Waals surface area contributed by atoms with E-state index in [9.17, 15) is 18.0 Å². The van der Waals surface area contributed by atoms with Crippen molar-refractivity contribution in [3.63, 3.8) is 0 Å². The lowest BCUT2D eigenvalue weighted by atomic mass is 10.1. The average molecular weight is 583 g/mol. The SMILES string of the molecule is CC[C@@H](C(=O)NC)N(Cc1c(Cl)cccc1Cl)C(=O)CN(c1ccc(Cl)cc1)S(=O)(=O)c1ccccc1. The monoisotopic (exact) mass is 581 g/mol. The Labute approximate surface area is 232 Å². The number of likely N-dealkylation sites (N-methyl/N-ethyl adjacent to an activating group) is 1. The van der Waals surface area contributed by atoms with E-state index in [2.05, 4.69) is 5.32 Å². The summed E-state index contributed by atoms with van der Waals surface area (Å²) >= 11 is 18.8. The van der Waals surface area contributed by atoms with Crippen molar-refractivity contribution >= 4 is 62.3 Å². The second-order valence-electron chi connectivity index (χ2n) is 8.06. The first kappa shape index (κ1) is 28.8. The summed E-state index contributed by atoms with van der Waals surface area (Å²) in [4.78, 5) is 27.9. The highest BCUT2D eigenvalue weighted by Gasteiger charge is 2.34. The summed E-state index contributed by atoms with van der Waals surface area (Å²) in [6.07, 6.45) is 0.278. The van der Waals surface area contributed by atoms with Gasteiger partial charge in [-0.2, -0.15) is 0 Å². The zero-order valence-electron chi connectivity index (χ0n) is 20.2. The number of hydrogen-bond donors (Lipinski definition) is 1. The van der Waals surface area contributed by atoms with Crippen LogP contribution >= 0.6 is 34.8 Å². The number of rotatable bonds is 10. The molecule has 0 saturated heterocycles. The fraction of sp³-hybridized carbons (Fsp3) is 0.231. The predicted octanol–water partition coefficient (Wildman–Crippen LogP) is 5.40. The van der Waals surface area contributed by atoms with Gasteiger partial charge in [-0.05, 0) is 55.0 Å². The summed E-state index contributed by atoms with van der Waals surface area (Å²) < 4.78 is 28.3. The minimum absolute atomic E-state index is 0.0109. The molecule has 2 amide bonds. The van der Waals surface area contributed by atoms with Crippen molar-refractivity contribution in [3.05, 3.63) is 93.4 Å². The number of amides is 2. The van der Waals surface area contributed by atoms with Gasteiger partial charge in [0.25, 0.3) is 10.0 Å². The van der Waals surface area contributed by atoms with E-state index in [0.717, 1.165) is 4.31 Å². The zero-order valence-corrected chi connectivity index (χ0v) is 23.3. The number of sulfonamides is 1. The van der Waals surface area contributed by atoms with Crippen LogP contribution in [0.25, 0.3) is 0 Å². The number of nitrogens with one attached hydrogen (secondary N) is 1. The number of anilines is 1. The van der Waals surface area contributed by atoms with E-state index in [0.29, 0.717) is 20.6 Å². The minimum atomic E-state index is -4.15. The molecule has 7 nitrogen and oxygen atoms in total. The van der Waals surface area contributed by atoms with Gasteiger partial charge in [-0.1, -0.05) is 66.0 Å². The molecule has 3 aromatic rings. The molecule has 0 spiro atoms. The number of halogens is 3. The van der Waals surface area contributed by atoms with Crippen LogP contribution < -0.4 is 9.62 Å². The molecule has 1 atom stereocenters. The molecule has 196 valence electrons. The van der Waals surface area contributed by atoms with E-state index in [4.69, 9.17) is 34.8 Å². The second kappa shape index (κ2) is 12.6. The van der Waals surface area contributed by atoms with E-state index in [1.165, 1.54) is 48.3 Å². The topological polar surface area (TPSA) is 86.8 Å². The van der Waals surface area contributed by atoms with Crippen LogP contribution in [0.3, 0.4) is 0 Å². The molecule has 37 heavy (non-hydrogen) atoms. The Morgan fingerprint density at radius 1 is 0.892 bits per heavy atom. The van der Waals surface area contributed by atoms with Gasteiger partial charge in [0.15, 0.2) is 0 Å². The number of carbonyl (C=O) groups is 2. The first-order valence-electron chi connectivity index (χ1n) is 11.4. The van der Waals surface area contributed by atoms with Gasteiger partial charge in [0, 0.05) is 34.2 Å². The molecule has 0 heterocycles. The molecule has 0 saturated carbocycles. The van der Waals surface area contributed by atoms with Crippen LogP contribution in [0, 0.1) is 0 Å². The van der Waals surface area contributed by atoms with E-state index in [1.54, 1.807) is 43.3 Å². The Morgan fingerprint density at radius 2 is 1.49 bits per heavy atom. The second-order valence-corrected chi connectivity index (χ2v) is 11.2. The molecular weight excluding hydrogens is 557 g/mol. The summed E-state index contributed by atoms with van der Waals surface area (Å²) in [5, 5.41) is 3.62. The Balaban J connectivity index is 2.08. The predicted molar refractivity (Wildman–Crippen MR) is 148 cm³/mol. The maximum atomic E-state index is 13.8. The number of hydrogen-bond acceptors (Lipinski definition) is 4. The molecule has 0 aromatic heterocycles. The Bertz CT molecular complexity index is 1330. The highest BCUT2D eigenvalue weighted by atomic mass is 35.5. The van der Waals surface area contributed by atoms with Crippen molar-refractivity contribution in [1.29, 1.82) is 0 Å². The van der Waals surface area contributed by atoms with Crippen LogP contribution in [0.4, 0.5) is 5.69 Å². The van der Waals surface area contributed by atoms with Gasteiger partial charge in [0.05, 0.1) is 10.6 Å². The van der Waals surface area contributed by atoms with Gasteiger partial charge >= 0.3 is 0 Å². The van der Waals surface area contributed by atoms with Gasteiger partial charge < -0.3 is 10.2 Å². The van der Waals surface area contributed by atoms with E-state index < -0.39 is 34.4 Å². The van der Waals surface area contributed by atoms with Crippen LogP contribution in [0.15, 0.2) is 77.7 Å². The Morgan fingerprint density at radius 3 is 2.03 bits per heavy atom. The maximum Gasteiger partial charge on any atom is 0.264 e. The molecule has 0 radical (unpaired) electrons. The lowest BCUT2D eigenvalue weighted by Crippen LogP contribution is -2.51. The lowest BCUT2D eigenvalue weighted by molar-refractivity contribution is -0.140. The summed E-state index contributed by atoms with van der Waals surface area (Å²) in [6.45, 7) is 1.09. The van der Waals surface area contributed by atoms with Crippen LogP contribution in [-0.4, -0.2) is 44.8 Å². The highest BCUT2D eigenvalue weighted by molar-refractivity contribution is 7.92. The summed E-state index contributed by atoms with van der Waals surface area (Å²) in [5.74, 6) is -1.01. The first-order valence-corrected chi connectivity index (χ1v) is 13.9. The van der Waals surface area contributed by atoms with Gasteiger partial charge in [0.1, 0.15) is 12.6 Å². The summed E-state index contributed by atoms with van der Waals surface area (Å²) in [5.41, 5.74) is 0.691. The fourth-order valence-electron chi connectivity index (χ4n) is 3.80. The quantitative estimate of drug-likeness (QED) is 0.347. The third-order valence-corrected chi connectivity index (χ3v) is 8.50. The molecular formula is C26H26Cl3N3O4S. The van der Waals surface area contributed by atoms with Gasteiger partial charge in [-0.15, -0.1) is 0 Å². The highest BCUT2D eigenvalue weighted by Crippen LogP contribution is 2.29. The molecule has 0 unspecified atom stereocenters. The number of benzene rings is 3. The van der Waals surface area contributed by atoms with Crippen molar-refractivity contribution in [2.75, 3.05) is 17.9 Å². The van der Waals surface area contributed by atoms with Crippen molar-refractivity contribution in [3.8, 4) is 0 Å². The van der Waals surface area contributed by atoms with Crippen molar-refractivity contribution in [2.45, 2.75) is 30.8 Å². The minimum Gasteiger partial charge on any atom is -0.357 e. The van der Waals surface area contributed by atoms with Gasteiger partial charge in [-0.25, -0.2) is 8.42 Å². The standard InChI is InChI=1S/C26H26Cl3N3O4S/c1-3-24(26(34)30-2)31(16-21-22(28)10-7-11-23(21)29)25(33)17-32(19-14-12-18(27)13-15-19)37(35,36)20-8-5-4-6-9-20/h4-15,24H,3,16-17H2,1-2H3,(H,30,34)/t24-/m0/s1. The Kier molecular flexibility index (Phi) is 9.84.